The van der Waals surface area contributed by atoms with Crippen molar-refractivity contribution >= 4 is 16.9 Å². The average molecular weight is 326 g/mol. The van der Waals surface area contributed by atoms with Gasteiger partial charge in [0, 0.05) is 31.0 Å². The fourth-order valence-electron chi connectivity index (χ4n) is 3.86. The minimum absolute atomic E-state index is 0.166. The molecule has 4 rings (SSSR count). The third kappa shape index (κ3) is 2.60. The van der Waals surface area contributed by atoms with E-state index < -0.39 is 0 Å². The Bertz CT molecular complexity index is 839. The molecule has 2 aliphatic rings. The summed E-state index contributed by atoms with van der Waals surface area (Å²) in [5.41, 5.74) is 1.36. The van der Waals surface area contributed by atoms with Crippen molar-refractivity contribution in [3.05, 3.63) is 39.8 Å². The molecule has 6 nitrogen and oxygen atoms in total. The number of nitrogens with one attached hydrogen (secondary N) is 1. The number of hydrogen-bond donors (Lipinski definition) is 1. The van der Waals surface area contributed by atoms with E-state index in [4.69, 9.17) is 0 Å². The molecule has 0 aromatic carbocycles. The maximum absolute atomic E-state index is 12.8. The molecule has 1 amide bonds. The highest BCUT2D eigenvalue weighted by Gasteiger charge is 2.32. The first-order valence-electron chi connectivity index (χ1n) is 8.66. The van der Waals surface area contributed by atoms with E-state index in [2.05, 4.69) is 14.9 Å². The highest BCUT2D eigenvalue weighted by Crippen LogP contribution is 2.21. The summed E-state index contributed by atoms with van der Waals surface area (Å²) in [6, 6.07) is 3.98. The van der Waals surface area contributed by atoms with E-state index >= 15 is 0 Å². The van der Waals surface area contributed by atoms with Gasteiger partial charge in [0.1, 0.15) is 11.2 Å². The molecule has 0 spiro atoms. The summed E-state index contributed by atoms with van der Waals surface area (Å²) in [7, 11) is 0. The van der Waals surface area contributed by atoms with Crippen LogP contribution in [0.15, 0.2) is 23.1 Å². The van der Waals surface area contributed by atoms with Crippen molar-refractivity contribution in [3.63, 3.8) is 0 Å². The number of amides is 1. The number of nitrogens with zero attached hydrogens (tertiary/aromatic N) is 3. The Labute approximate surface area is 140 Å². The Morgan fingerprint density at radius 3 is 2.83 bits per heavy atom. The second kappa shape index (κ2) is 6.02. The Morgan fingerprint density at radius 1 is 1.25 bits per heavy atom. The van der Waals surface area contributed by atoms with Crippen LogP contribution in [0, 0.1) is 6.92 Å². The summed E-state index contributed by atoms with van der Waals surface area (Å²) in [4.78, 5) is 37.1. The third-order valence-corrected chi connectivity index (χ3v) is 5.22. The molecule has 2 fully saturated rings. The van der Waals surface area contributed by atoms with E-state index in [-0.39, 0.29) is 16.9 Å². The summed E-state index contributed by atoms with van der Waals surface area (Å²) >= 11 is 0. The molecule has 0 radical (unpaired) electrons. The van der Waals surface area contributed by atoms with E-state index in [0.29, 0.717) is 17.1 Å². The molecular formula is C18H22N4O2. The van der Waals surface area contributed by atoms with Gasteiger partial charge in [-0.1, -0.05) is 0 Å². The average Bonchev–Trinajstić information content (AvgIpc) is 3.26. The van der Waals surface area contributed by atoms with Crippen LogP contribution < -0.4 is 5.43 Å². The lowest BCUT2D eigenvalue weighted by Crippen LogP contribution is -2.38. The number of aromatic nitrogens is 2. The van der Waals surface area contributed by atoms with Crippen molar-refractivity contribution in [2.75, 3.05) is 26.2 Å². The predicted octanol–water partition coefficient (Wildman–Crippen LogP) is 1.54. The van der Waals surface area contributed by atoms with E-state index in [0.717, 1.165) is 38.3 Å². The molecule has 6 heteroatoms. The minimum Gasteiger partial charge on any atom is -0.345 e. The lowest BCUT2D eigenvalue weighted by Gasteiger charge is -2.23. The largest absolute Gasteiger partial charge is 0.345 e. The molecule has 0 saturated carbocycles. The fourth-order valence-corrected chi connectivity index (χ4v) is 3.86. The van der Waals surface area contributed by atoms with Crippen LogP contribution in [0.2, 0.25) is 0 Å². The van der Waals surface area contributed by atoms with Gasteiger partial charge >= 0.3 is 0 Å². The summed E-state index contributed by atoms with van der Waals surface area (Å²) < 4.78 is 0. The van der Waals surface area contributed by atoms with Gasteiger partial charge in [0.05, 0.1) is 5.39 Å². The molecule has 24 heavy (non-hydrogen) atoms. The maximum atomic E-state index is 12.8. The summed E-state index contributed by atoms with van der Waals surface area (Å²) in [5, 5.41) is 0.474. The van der Waals surface area contributed by atoms with Gasteiger partial charge in [-0.2, -0.15) is 0 Å². The SMILES string of the molecule is Cc1ccc2c(=O)c(C(=O)N3CCC(N4CCCC4)C3)c[nH]c2n1. The van der Waals surface area contributed by atoms with Gasteiger partial charge in [-0.25, -0.2) is 4.98 Å². The van der Waals surface area contributed by atoms with Crippen molar-refractivity contribution in [2.45, 2.75) is 32.2 Å². The van der Waals surface area contributed by atoms with Crippen LogP contribution in [0.4, 0.5) is 0 Å². The van der Waals surface area contributed by atoms with Crippen LogP contribution in [0.1, 0.15) is 35.3 Å². The van der Waals surface area contributed by atoms with Crippen molar-refractivity contribution in [1.29, 1.82) is 0 Å². The van der Waals surface area contributed by atoms with Gasteiger partial charge in [0.15, 0.2) is 0 Å². The van der Waals surface area contributed by atoms with E-state index in [9.17, 15) is 9.59 Å². The van der Waals surface area contributed by atoms with Crippen LogP contribution in [-0.4, -0.2) is 57.9 Å². The monoisotopic (exact) mass is 326 g/mol. The number of hydrogen-bond acceptors (Lipinski definition) is 4. The van der Waals surface area contributed by atoms with Crippen LogP contribution in [0.5, 0.6) is 0 Å². The van der Waals surface area contributed by atoms with E-state index in [1.165, 1.54) is 19.0 Å². The number of carbonyl (C=O) groups excluding carboxylic acids is 1. The molecule has 2 aromatic rings. The van der Waals surface area contributed by atoms with E-state index in [1.807, 2.05) is 11.8 Å². The van der Waals surface area contributed by atoms with Gasteiger partial charge in [0.25, 0.3) is 5.91 Å². The molecule has 2 saturated heterocycles. The fraction of sp³-hybridized carbons (Fsp3) is 0.500. The van der Waals surface area contributed by atoms with Gasteiger partial charge < -0.3 is 9.88 Å². The van der Waals surface area contributed by atoms with E-state index in [1.54, 1.807) is 12.1 Å². The zero-order valence-electron chi connectivity index (χ0n) is 13.9. The molecule has 4 heterocycles. The summed E-state index contributed by atoms with van der Waals surface area (Å²) in [5.74, 6) is -0.166. The number of pyridine rings is 2. The van der Waals surface area contributed by atoms with Gasteiger partial charge in [-0.15, -0.1) is 0 Å². The van der Waals surface area contributed by atoms with Crippen LogP contribution in [0.25, 0.3) is 11.0 Å². The van der Waals surface area contributed by atoms with Crippen molar-refractivity contribution in [1.82, 2.24) is 19.8 Å². The molecule has 0 aliphatic carbocycles. The number of aryl methyl sites for hydroxylation is 1. The normalized spacial score (nSPS) is 21.7. The Hall–Kier alpha value is -2.21. The van der Waals surface area contributed by atoms with Gasteiger partial charge in [0.2, 0.25) is 5.43 Å². The first kappa shape index (κ1) is 15.3. The molecule has 1 atom stereocenters. The molecule has 1 N–H and O–H groups in total. The maximum Gasteiger partial charge on any atom is 0.259 e. The highest BCUT2D eigenvalue weighted by atomic mass is 16.2. The smallest absolute Gasteiger partial charge is 0.259 e. The molecule has 1 unspecified atom stereocenters. The third-order valence-electron chi connectivity index (χ3n) is 5.22. The second-order valence-corrected chi connectivity index (χ2v) is 6.82. The minimum atomic E-state index is -0.231. The molecular weight excluding hydrogens is 304 g/mol. The van der Waals surface area contributed by atoms with Crippen LogP contribution in [0.3, 0.4) is 0 Å². The first-order valence-corrected chi connectivity index (χ1v) is 8.66. The van der Waals surface area contributed by atoms with Gasteiger partial charge in [-0.05, 0) is 51.4 Å². The summed E-state index contributed by atoms with van der Waals surface area (Å²) in [6.07, 6.45) is 5.02. The number of H-pyrrole nitrogens is 1. The topological polar surface area (TPSA) is 69.3 Å². The number of carbonyl (C=O) groups is 1. The first-order chi connectivity index (χ1) is 11.6. The summed E-state index contributed by atoms with van der Waals surface area (Å²) in [6.45, 7) is 5.59. The molecule has 2 aliphatic heterocycles. The number of likely N-dealkylation sites (tertiary alicyclic amines) is 2. The van der Waals surface area contributed by atoms with Crippen LogP contribution in [-0.2, 0) is 0 Å². The molecule has 126 valence electrons. The van der Waals surface area contributed by atoms with Crippen LogP contribution >= 0.6 is 0 Å². The Balaban J connectivity index is 1.58. The zero-order chi connectivity index (χ0) is 16.7. The van der Waals surface area contributed by atoms with Crippen molar-refractivity contribution in [2.24, 2.45) is 0 Å². The Morgan fingerprint density at radius 2 is 2.04 bits per heavy atom. The second-order valence-electron chi connectivity index (χ2n) is 6.82. The standard InChI is InChI=1S/C18H22N4O2/c1-12-4-5-14-16(23)15(10-19-17(14)20-12)18(24)22-9-6-13(11-22)21-7-2-3-8-21/h4-5,10,13H,2-3,6-9,11H2,1H3,(H,19,20,23). The quantitative estimate of drug-likeness (QED) is 0.909. The van der Waals surface area contributed by atoms with Crippen molar-refractivity contribution in [3.8, 4) is 0 Å². The molecule has 0 bridgehead atoms. The van der Waals surface area contributed by atoms with Gasteiger partial charge in [-0.3, -0.25) is 14.5 Å². The van der Waals surface area contributed by atoms with Crippen molar-refractivity contribution < 1.29 is 4.79 Å². The lowest BCUT2D eigenvalue weighted by atomic mass is 10.1. The predicted molar refractivity (Wildman–Crippen MR) is 92.2 cm³/mol. The molecule has 2 aromatic heterocycles. The number of fused-ring (bicyclic) bond motifs is 1. The Kier molecular flexibility index (Phi) is 3.84. The zero-order valence-corrected chi connectivity index (χ0v) is 13.9. The highest BCUT2D eigenvalue weighted by molar-refractivity contribution is 5.96. The number of rotatable bonds is 2. The lowest BCUT2D eigenvalue weighted by molar-refractivity contribution is 0.0778. The number of aromatic amines is 1.